The molecule has 0 bridgehead atoms. The van der Waals surface area contributed by atoms with E-state index in [9.17, 15) is 4.79 Å². The molecule has 0 fully saturated rings. The fourth-order valence-corrected chi connectivity index (χ4v) is 1.62. The van der Waals surface area contributed by atoms with E-state index in [1.807, 2.05) is 19.3 Å². The maximum absolute atomic E-state index is 10.6. The fourth-order valence-electron chi connectivity index (χ4n) is 1.62. The van der Waals surface area contributed by atoms with Crippen molar-refractivity contribution < 1.29 is 14.6 Å². The first-order valence-electron chi connectivity index (χ1n) is 5.55. The van der Waals surface area contributed by atoms with E-state index in [1.165, 1.54) is 0 Å². The topological polar surface area (TPSA) is 64.3 Å². The van der Waals surface area contributed by atoms with Crippen LogP contribution in [0.2, 0.25) is 0 Å². The maximum atomic E-state index is 10.6. The van der Waals surface area contributed by atoms with Crippen LogP contribution in [-0.2, 0) is 24.9 Å². The molecule has 5 heteroatoms. The lowest BCUT2D eigenvalue weighted by Gasteiger charge is -2.05. The summed E-state index contributed by atoms with van der Waals surface area (Å²) in [6, 6.07) is 8.96. The van der Waals surface area contributed by atoms with Crippen molar-refractivity contribution in [3.63, 3.8) is 0 Å². The molecule has 94 valence electrons. The van der Waals surface area contributed by atoms with Gasteiger partial charge in [0.1, 0.15) is 12.4 Å². The van der Waals surface area contributed by atoms with Gasteiger partial charge in [0, 0.05) is 13.2 Å². The van der Waals surface area contributed by atoms with Gasteiger partial charge in [-0.15, -0.1) is 0 Å². The lowest BCUT2D eigenvalue weighted by atomic mass is 10.1. The van der Waals surface area contributed by atoms with Crippen molar-refractivity contribution in [2.45, 2.75) is 13.0 Å². The highest BCUT2D eigenvalue weighted by molar-refractivity contribution is 5.70. The van der Waals surface area contributed by atoms with Crippen LogP contribution in [0.15, 0.2) is 36.5 Å². The largest absolute Gasteiger partial charge is 0.487 e. The highest BCUT2D eigenvalue weighted by Gasteiger charge is 2.03. The van der Waals surface area contributed by atoms with Gasteiger partial charge in [-0.1, -0.05) is 12.1 Å². The molecule has 0 aliphatic rings. The van der Waals surface area contributed by atoms with Gasteiger partial charge in [-0.25, -0.2) is 0 Å². The zero-order chi connectivity index (χ0) is 13.0. The van der Waals surface area contributed by atoms with E-state index < -0.39 is 5.97 Å². The molecule has 2 aromatic rings. The molecule has 1 aromatic carbocycles. The van der Waals surface area contributed by atoms with Crippen LogP contribution in [0.5, 0.6) is 5.75 Å². The first kappa shape index (κ1) is 12.2. The van der Waals surface area contributed by atoms with Crippen LogP contribution in [0, 0.1) is 0 Å². The van der Waals surface area contributed by atoms with Crippen molar-refractivity contribution in [3.8, 4) is 5.75 Å². The van der Waals surface area contributed by atoms with Gasteiger partial charge in [0.15, 0.2) is 0 Å². The second kappa shape index (κ2) is 5.35. The molecular formula is C13H14N2O3. The number of carboxylic acids is 1. The molecule has 0 aliphatic carbocycles. The summed E-state index contributed by atoms with van der Waals surface area (Å²) >= 11 is 0. The van der Waals surface area contributed by atoms with Gasteiger partial charge in [-0.05, 0) is 23.8 Å². The molecule has 1 aromatic heterocycles. The lowest BCUT2D eigenvalue weighted by Crippen LogP contribution is -2.01. The minimum absolute atomic E-state index is 0.000781. The number of nitrogens with zero attached hydrogens (tertiary/aromatic N) is 2. The fraction of sp³-hybridized carbons (Fsp3) is 0.231. The number of hydrogen-bond acceptors (Lipinski definition) is 3. The number of aliphatic carboxylic acids is 1. The predicted molar refractivity (Wildman–Crippen MR) is 65.3 cm³/mol. The molecule has 0 unspecified atom stereocenters. The van der Waals surface area contributed by atoms with Gasteiger partial charge in [-0.3, -0.25) is 9.48 Å². The number of carboxylic acid groups (broad SMARTS) is 1. The van der Waals surface area contributed by atoms with Crippen molar-refractivity contribution >= 4 is 5.97 Å². The Labute approximate surface area is 105 Å². The number of rotatable bonds is 5. The molecule has 0 aliphatic heterocycles. The first-order chi connectivity index (χ1) is 8.63. The lowest BCUT2D eigenvalue weighted by molar-refractivity contribution is -0.136. The summed E-state index contributed by atoms with van der Waals surface area (Å²) in [5, 5.41) is 12.9. The first-order valence-corrected chi connectivity index (χ1v) is 5.55. The third kappa shape index (κ3) is 3.35. The Balaban J connectivity index is 1.98. The van der Waals surface area contributed by atoms with Crippen LogP contribution in [0.25, 0.3) is 0 Å². The standard InChI is InChI=1S/C13H14N2O3/c1-15-6-5-11(14-15)9-18-12-4-2-3-10(7-12)8-13(16)17/h2-7H,8-9H2,1H3,(H,16,17). The molecule has 0 saturated carbocycles. The normalized spacial score (nSPS) is 10.3. The quantitative estimate of drug-likeness (QED) is 0.870. The van der Waals surface area contributed by atoms with Crippen LogP contribution >= 0.6 is 0 Å². The molecule has 5 nitrogen and oxygen atoms in total. The summed E-state index contributed by atoms with van der Waals surface area (Å²) in [5.74, 6) is -0.198. The minimum Gasteiger partial charge on any atom is -0.487 e. The molecule has 0 amide bonds. The Morgan fingerprint density at radius 2 is 2.28 bits per heavy atom. The summed E-state index contributed by atoms with van der Waals surface area (Å²) in [6.07, 6.45) is 1.85. The summed E-state index contributed by atoms with van der Waals surface area (Å²) in [6.45, 7) is 0.372. The molecule has 0 spiro atoms. The number of aromatic nitrogens is 2. The monoisotopic (exact) mass is 246 g/mol. The van der Waals surface area contributed by atoms with Gasteiger partial charge in [0.05, 0.1) is 12.1 Å². The van der Waals surface area contributed by atoms with E-state index in [0.717, 1.165) is 11.3 Å². The molecule has 18 heavy (non-hydrogen) atoms. The number of aryl methyl sites for hydroxylation is 1. The average molecular weight is 246 g/mol. The van der Waals surface area contributed by atoms with Crippen LogP contribution in [0.4, 0.5) is 0 Å². The number of carbonyl (C=O) groups is 1. The van der Waals surface area contributed by atoms with Crippen molar-refractivity contribution in [2.75, 3.05) is 0 Å². The molecule has 1 heterocycles. The Kier molecular flexibility index (Phi) is 3.62. The average Bonchev–Trinajstić information content (AvgIpc) is 2.72. The third-order valence-corrected chi connectivity index (χ3v) is 2.41. The molecule has 2 rings (SSSR count). The summed E-state index contributed by atoms with van der Waals surface area (Å²) in [4.78, 5) is 10.6. The van der Waals surface area contributed by atoms with E-state index in [-0.39, 0.29) is 6.42 Å². The van der Waals surface area contributed by atoms with E-state index in [0.29, 0.717) is 12.4 Å². The Morgan fingerprint density at radius 1 is 1.44 bits per heavy atom. The van der Waals surface area contributed by atoms with Gasteiger partial charge in [0.25, 0.3) is 0 Å². The predicted octanol–water partition coefficient (Wildman–Crippen LogP) is 1.63. The summed E-state index contributed by atoms with van der Waals surface area (Å²) in [5.41, 5.74) is 1.56. The maximum Gasteiger partial charge on any atom is 0.307 e. The van der Waals surface area contributed by atoms with Gasteiger partial charge < -0.3 is 9.84 Å². The van der Waals surface area contributed by atoms with Crippen LogP contribution in [-0.4, -0.2) is 20.9 Å². The van der Waals surface area contributed by atoms with Crippen molar-refractivity contribution in [2.24, 2.45) is 7.05 Å². The SMILES string of the molecule is Cn1ccc(COc2cccc(CC(=O)O)c2)n1. The van der Waals surface area contributed by atoms with E-state index >= 15 is 0 Å². The number of benzene rings is 1. The molecule has 0 radical (unpaired) electrons. The van der Waals surface area contributed by atoms with Gasteiger partial charge in [-0.2, -0.15) is 5.10 Å². The number of ether oxygens (including phenoxy) is 1. The highest BCUT2D eigenvalue weighted by atomic mass is 16.5. The van der Waals surface area contributed by atoms with E-state index in [4.69, 9.17) is 9.84 Å². The third-order valence-electron chi connectivity index (χ3n) is 2.41. The minimum atomic E-state index is -0.850. The van der Waals surface area contributed by atoms with Crippen molar-refractivity contribution in [1.29, 1.82) is 0 Å². The van der Waals surface area contributed by atoms with E-state index in [2.05, 4.69) is 5.10 Å². The molecule has 0 saturated heterocycles. The van der Waals surface area contributed by atoms with Crippen molar-refractivity contribution in [1.82, 2.24) is 9.78 Å². The summed E-state index contributed by atoms with van der Waals surface area (Å²) < 4.78 is 7.27. The Morgan fingerprint density at radius 3 is 2.94 bits per heavy atom. The second-order valence-corrected chi connectivity index (χ2v) is 3.99. The summed E-state index contributed by atoms with van der Waals surface area (Å²) in [7, 11) is 1.84. The Hall–Kier alpha value is -2.30. The Bertz CT molecular complexity index is 549. The highest BCUT2D eigenvalue weighted by Crippen LogP contribution is 2.15. The zero-order valence-corrected chi connectivity index (χ0v) is 10.0. The van der Waals surface area contributed by atoms with Crippen molar-refractivity contribution in [3.05, 3.63) is 47.8 Å². The van der Waals surface area contributed by atoms with E-state index in [1.54, 1.807) is 28.9 Å². The van der Waals surface area contributed by atoms with Gasteiger partial charge in [0.2, 0.25) is 0 Å². The number of hydrogen-bond donors (Lipinski definition) is 1. The van der Waals surface area contributed by atoms with Crippen LogP contribution in [0.1, 0.15) is 11.3 Å². The molecule has 0 atom stereocenters. The van der Waals surface area contributed by atoms with Crippen LogP contribution in [0.3, 0.4) is 0 Å². The van der Waals surface area contributed by atoms with Gasteiger partial charge >= 0.3 is 5.97 Å². The van der Waals surface area contributed by atoms with Crippen LogP contribution < -0.4 is 4.74 Å². The smallest absolute Gasteiger partial charge is 0.307 e. The zero-order valence-electron chi connectivity index (χ0n) is 10.0. The molecular weight excluding hydrogens is 232 g/mol. The second-order valence-electron chi connectivity index (χ2n) is 3.99. The molecule has 1 N–H and O–H groups in total.